The molecule has 4 heteroatoms. The van der Waals surface area contributed by atoms with Gasteiger partial charge in [0.2, 0.25) is 0 Å². The lowest BCUT2D eigenvalue weighted by Crippen LogP contribution is -2.23. The highest BCUT2D eigenvalue weighted by molar-refractivity contribution is 7.11. The van der Waals surface area contributed by atoms with Crippen molar-refractivity contribution in [2.24, 2.45) is 0 Å². The lowest BCUT2D eigenvalue weighted by atomic mass is 9.98. The van der Waals surface area contributed by atoms with Crippen LogP contribution in [0.4, 0.5) is 0 Å². The fourth-order valence-electron chi connectivity index (χ4n) is 3.16. The molecule has 0 amide bonds. The maximum Gasteiger partial charge on any atom is 0.0957 e. The zero-order valence-electron chi connectivity index (χ0n) is 11.8. The van der Waals surface area contributed by atoms with Crippen LogP contribution in [0.1, 0.15) is 60.6 Å². The second kappa shape index (κ2) is 6.33. The summed E-state index contributed by atoms with van der Waals surface area (Å²) >= 11 is 1.92. The number of nitrogens with zero attached hydrogens (tertiary/aromatic N) is 1. The van der Waals surface area contributed by atoms with Crippen LogP contribution in [0, 0.1) is 0 Å². The molecular formula is C15H24N2OS. The Labute approximate surface area is 119 Å². The fourth-order valence-corrected chi connectivity index (χ4v) is 4.45. The minimum Gasteiger partial charge on any atom is -0.378 e. The zero-order chi connectivity index (χ0) is 13.1. The molecule has 2 aliphatic rings. The van der Waals surface area contributed by atoms with E-state index < -0.39 is 0 Å². The van der Waals surface area contributed by atoms with Crippen LogP contribution in [-0.2, 0) is 17.6 Å². The van der Waals surface area contributed by atoms with E-state index in [-0.39, 0.29) is 0 Å². The van der Waals surface area contributed by atoms with Crippen LogP contribution in [0.25, 0.3) is 0 Å². The Kier molecular flexibility index (Phi) is 4.51. The van der Waals surface area contributed by atoms with Gasteiger partial charge in [-0.05, 0) is 45.1 Å². The molecule has 106 valence electrons. The average molecular weight is 280 g/mol. The van der Waals surface area contributed by atoms with Crippen molar-refractivity contribution in [2.45, 2.75) is 64.0 Å². The van der Waals surface area contributed by atoms with Gasteiger partial charge in [0.1, 0.15) is 0 Å². The van der Waals surface area contributed by atoms with Crippen molar-refractivity contribution in [2.75, 3.05) is 13.2 Å². The van der Waals surface area contributed by atoms with Gasteiger partial charge < -0.3 is 10.1 Å². The van der Waals surface area contributed by atoms with Gasteiger partial charge in [0, 0.05) is 23.9 Å². The summed E-state index contributed by atoms with van der Waals surface area (Å²) < 4.78 is 5.84. The van der Waals surface area contributed by atoms with Crippen LogP contribution < -0.4 is 5.32 Å². The Morgan fingerprint density at radius 2 is 2.26 bits per heavy atom. The number of nitrogens with one attached hydrogen (secondary N) is 1. The van der Waals surface area contributed by atoms with Crippen molar-refractivity contribution < 1.29 is 4.74 Å². The second-order valence-electron chi connectivity index (χ2n) is 5.61. The van der Waals surface area contributed by atoms with E-state index >= 15 is 0 Å². The van der Waals surface area contributed by atoms with Crippen molar-refractivity contribution in [3.05, 3.63) is 15.6 Å². The summed E-state index contributed by atoms with van der Waals surface area (Å²) in [5, 5.41) is 4.89. The van der Waals surface area contributed by atoms with Gasteiger partial charge in [-0.15, -0.1) is 11.3 Å². The number of rotatable bonds is 4. The number of aryl methyl sites for hydroxylation is 1. The summed E-state index contributed by atoms with van der Waals surface area (Å²) in [6, 6.07) is 0.548. The Bertz CT molecular complexity index is 412. The number of aromatic nitrogens is 1. The Morgan fingerprint density at radius 3 is 3.05 bits per heavy atom. The Hall–Kier alpha value is -0.450. The smallest absolute Gasteiger partial charge is 0.0957 e. The molecule has 0 aromatic carbocycles. The molecule has 1 saturated heterocycles. The van der Waals surface area contributed by atoms with E-state index in [1.165, 1.54) is 54.1 Å². The molecule has 2 atom stereocenters. The van der Waals surface area contributed by atoms with Gasteiger partial charge in [0.25, 0.3) is 0 Å². The van der Waals surface area contributed by atoms with Gasteiger partial charge in [-0.2, -0.15) is 0 Å². The van der Waals surface area contributed by atoms with Crippen LogP contribution in [0.5, 0.6) is 0 Å². The molecule has 1 fully saturated rings. The first-order chi connectivity index (χ1) is 9.36. The Balaban J connectivity index is 1.70. The lowest BCUT2D eigenvalue weighted by molar-refractivity contribution is 0.0167. The van der Waals surface area contributed by atoms with Gasteiger partial charge in [0.05, 0.1) is 16.8 Å². The fraction of sp³-hybridized carbons (Fsp3) is 0.800. The third kappa shape index (κ3) is 3.18. The third-order valence-corrected chi connectivity index (χ3v) is 5.36. The largest absolute Gasteiger partial charge is 0.378 e. The van der Waals surface area contributed by atoms with Crippen LogP contribution in [0.3, 0.4) is 0 Å². The molecule has 0 bridgehead atoms. The number of hydrogen-bond acceptors (Lipinski definition) is 4. The first-order valence-electron chi connectivity index (χ1n) is 7.70. The minimum atomic E-state index is 0.416. The summed E-state index contributed by atoms with van der Waals surface area (Å²) in [5.74, 6) is 0. The van der Waals surface area contributed by atoms with E-state index in [2.05, 4.69) is 12.2 Å². The summed E-state index contributed by atoms with van der Waals surface area (Å²) in [6.45, 7) is 4.17. The van der Waals surface area contributed by atoms with E-state index in [1.54, 1.807) is 0 Å². The standard InChI is InChI=1S/C15H24N2OS/c1-2-16-12-7-5-8-13-15(12)19-14(17-13)10-11-6-3-4-9-18-11/h11-12,16H,2-10H2,1H3. The summed E-state index contributed by atoms with van der Waals surface area (Å²) in [7, 11) is 0. The van der Waals surface area contributed by atoms with Crippen LogP contribution in [0.15, 0.2) is 0 Å². The lowest BCUT2D eigenvalue weighted by Gasteiger charge is -2.21. The van der Waals surface area contributed by atoms with Crippen LogP contribution in [0.2, 0.25) is 0 Å². The van der Waals surface area contributed by atoms with Crippen LogP contribution >= 0.6 is 11.3 Å². The summed E-state index contributed by atoms with van der Waals surface area (Å²) in [5.41, 5.74) is 1.35. The molecule has 1 aliphatic carbocycles. The second-order valence-corrected chi connectivity index (χ2v) is 6.73. The first-order valence-corrected chi connectivity index (χ1v) is 8.52. The van der Waals surface area contributed by atoms with Crippen molar-refractivity contribution in [3.63, 3.8) is 0 Å². The molecule has 0 spiro atoms. The molecule has 1 aliphatic heterocycles. The van der Waals surface area contributed by atoms with Gasteiger partial charge >= 0.3 is 0 Å². The van der Waals surface area contributed by atoms with Crippen LogP contribution in [-0.4, -0.2) is 24.2 Å². The number of hydrogen-bond donors (Lipinski definition) is 1. The van der Waals surface area contributed by atoms with E-state index in [1.807, 2.05) is 11.3 Å². The predicted molar refractivity (Wildman–Crippen MR) is 78.8 cm³/mol. The SMILES string of the molecule is CCNC1CCCc2nc(CC3CCCCO3)sc21. The van der Waals surface area contributed by atoms with Gasteiger partial charge in [-0.1, -0.05) is 6.92 Å². The summed E-state index contributed by atoms with van der Waals surface area (Å²) in [4.78, 5) is 6.37. The molecule has 19 heavy (non-hydrogen) atoms. The normalized spacial score (nSPS) is 27.2. The minimum absolute atomic E-state index is 0.416. The maximum atomic E-state index is 5.84. The highest BCUT2D eigenvalue weighted by atomic mass is 32.1. The summed E-state index contributed by atoms with van der Waals surface area (Å²) in [6.07, 6.45) is 8.90. The Morgan fingerprint density at radius 1 is 1.32 bits per heavy atom. The van der Waals surface area contributed by atoms with Gasteiger partial charge in [-0.3, -0.25) is 0 Å². The molecule has 3 rings (SSSR count). The van der Waals surface area contributed by atoms with Gasteiger partial charge in [0.15, 0.2) is 0 Å². The first kappa shape index (κ1) is 13.5. The maximum absolute atomic E-state index is 5.84. The van der Waals surface area contributed by atoms with Crippen molar-refractivity contribution in [3.8, 4) is 0 Å². The zero-order valence-corrected chi connectivity index (χ0v) is 12.6. The molecule has 3 nitrogen and oxygen atoms in total. The molecule has 2 unspecified atom stereocenters. The highest BCUT2D eigenvalue weighted by Gasteiger charge is 2.25. The average Bonchev–Trinajstić information content (AvgIpc) is 2.84. The monoisotopic (exact) mass is 280 g/mol. The molecule has 2 heterocycles. The highest BCUT2D eigenvalue weighted by Crippen LogP contribution is 2.35. The topological polar surface area (TPSA) is 34.2 Å². The predicted octanol–water partition coefficient (Wildman–Crippen LogP) is 3.24. The van der Waals surface area contributed by atoms with E-state index in [4.69, 9.17) is 9.72 Å². The van der Waals surface area contributed by atoms with E-state index in [0.717, 1.165) is 19.6 Å². The van der Waals surface area contributed by atoms with Crippen molar-refractivity contribution >= 4 is 11.3 Å². The van der Waals surface area contributed by atoms with Crippen molar-refractivity contribution in [1.82, 2.24) is 10.3 Å². The quantitative estimate of drug-likeness (QED) is 0.919. The third-order valence-electron chi connectivity index (χ3n) is 4.12. The van der Waals surface area contributed by atoms with E-state index in [9.17, 15) is 0 Å². The van der Waals surface area contributed by atoms with Crippen molar-refractivity contribution in [1.29, 1.82) is 0 Å². The number of thiazole rings is 1. The number of fused-ring (bicyclic) bond motifs is 1. The molecule has 1 N–H and O–H groups in total. The van der Waals surface area contributed by atoms with E-state index in [0.29, 0.717) is 12.1 Å². The molecule has 1 aromatic heterocycles. The molecule has 0 radical (unpaired) electrons. The molecular weight excluding hydrogens is 256 g/mol. The number of ether oxygens (including phenoxy) is 1. The van der Waals surface area contributed by atoms with Gasteiger partial charge in [-0.25, -0.2) is 4.98 Å². The molecule has 1 aromatic rings. The molecule has 0 saturated carbocycles.